The molecule has 4 aromatic rings. The molecule has 7 rings (SSSR count). The molecule has 2 aliphatic carbocycles. The molecule has 254 valence electrons. The van der Waals surface area contributed by atoms with Crippen LogP contribution in [0.4, 0.5) is 5.69 Å². The van der Waals surface area contributed by atoms with Gasteiger partial charge in [-0.2, -0.15) is 0 Å². The molecule has 1 aliphatic heterocycles. The fourth-order valence-electron chi connectivity index (χ4n) is 9.74. The molecule has 0 aromatic heterocycles. The third kappa shape index (κ3) is 5.30. The zero-order valence-corrected chi connectivity index (χ0v) is 31.0. The van der Waals surface area contributed by atoms with Crippen molar-refractivity contribution < 1.29 is 9.47 Å². The van der Waals surface area contributed by atoms with E-state index in [0.29, 0.717) is 16.4 Å². The molecule has 1 heterocycles. The van der Waals surface area contributed by atoms with Crippen LogP contribution in [0.25, 0.3) is 11.1 Å². The van der Waals surface area contributed by atoms with Gasteiger partial charge in [0.05, 0.1) is 18.2 Å². The van der Waals surface area contributed by atoms with Gasteiger partial charge >= 0.3 is 0 Å². The summed E-state index contributed by atoms with van der Waals surface area (Å²) in [7, 11) is 2.83. The summed E-state index contributed by atoms with van der Waals surface area (Å²) in [6.07, 6.45) is 9.87. The fourth-order valence-corrected chi connectivity index (χ4v) is 14.7. The first-order chi connectivity index (χ1) is 23.2. The van der Waals surface area contributed by atoms with Crippen molar-refractivity contribution in [1.82, 2.24) is 0 Å². The number of anilines is 1. The summed E-state index contributed by atoms with van der Waals surface area (Å²) < 4.78 is 12.0. The Bertz CT molecular complexity index is 1730. The lowest BCUT2D eigenvalue weighted by molar-refractivity contribution is -0.00471. The van der Waals surface area contributed by atoms with Crippen molar-refractivity contribution in [2.45, 2.75) is 93.8 Å². The Morgan fingerprint density at radius 2 is 1.40 bits per heavy atom. The van der Waals surface area contributed by atoms with Gasteiger partial charge in [0.25, 0.3) is 0 Å². The lowest BCUT2D eigenvalue weighted by atomic mass is 9.79. The van der Waals surface area contributed by atoms with E-state index >= 15 is 0 Å². The average Bonchev–Trinajstić information content (AvgIpc) is 3.66. The quantitative estimate of drug-likeness (QED) is 0.141. The molecule has 0 amide bonds. The minimum absolute atomic E-state index is 0.0685. The zero-order valence-electron chi connectivity index (χ0n) is 30.2. The highest BCUT2D eigenvalue weighted by atomic mass is 32.3. The lowest BCUT2D eigenvalue weighted by Gasteiger charge is -2.51. The number of ether oxygens (including phenoxy) is 2. The van der Waals surface area contributed by atoms with Crippen LogP contribution in [0.1, 0.15) is 110 Å². The number of likely N-dealkylation sites (N-methyl/N-ethyl adjacent to an activating group) is 1. The number of nitrogens with zero attached hydrogens (tertiary/aromatic N) is 1. The second-order valence-electron chi connectivity index (χ2n) is 15.5. The molecule has 48 heavy (non-hydrogen) atoms. The Balaban J connectivity index is 1.38. The van der Waals surface area contributed by atoms with E-state index in [1.54, 1.807) is 11.1 Å². The predicted molar refractivity (Wildman–Crippen MR) is 206 cm³/mol. The maximum atomic E-state index is 6.09. The van der Waals surface area contributed by atoms with Crippen molar-refractivity contribution in [3.05, 3.63) is 119 Å². The van der Waals surface area contributed by atoms with E-state index in [9.17, 15) is 0 Å². The molecule has 3 aliphatic rings. The van der Waals surface area contributed by atoms with E-state index in [-0.39, 0.29) is 11.1 Å². The standard InChI is InChI=1S/C44H55NO2S/c1-8-27-44-38-24-16-15-23-36(38)42(40(44)37-30-31(46-6)25-26-39(37)45(44)5)48(7,29-18-10-9-17-28-47-43(2,3)4)41-34-21-13-11-19-32(34)33-20-12-14-22-35(33)41/h11-16,19-26,30,40-42H,8-10,17-18,27-29H2,1-7H3. The number of rotatable bonds is 12. The van der Waals surface area contributed by atoms with Crippen LogP contribution in [-0.4, -0.2) is 38.4 Å². The number of methoxy groups -OCH3 is 1. The average molecular weight is 662 g/mol. The Morgan fingerprint density at radius 1 is 0.771 bits per heavy atom. The summed E-state index contributed by atoms with van der Waals surface area (Å²) >= 11 is 0. The Labute approximate surface area is 291 Å². The SMILES string of the molecule is CCCC12c3ccccc3C(S(C)(CCCCCCOC(C)(C)C)C3c4ccccc4-c4ccccc43)C1c1cc(OC)ccc1N2C. The molecule has 0 bridgehead atoms. The van der Waals surface area contributed by atoms with Gasteiger partial charge in [0.2, 0.25) is 0 Å². The van der Waals surface area contributed by atoms with Crippen molar-refractivity contribution in [1.29, 1.82) is 0 Å². The van der Waals surface area contributed by atoms with Gasteiger partial charge in [-0.1, -0.05) is 99.0 Å². The number of hydrogen-bond donors (Lipinski definition) is 0. The molecule has 0 N–H and O–H groups in total. The normalized spacial score (nSPS) is 22.8. The molecular formula is C44H55NO2S. The third-order valence-corrected chi connectivity index (χ3v) is 16.1. The van der Waals surface area contributed by atoms with Crippen LogP contribution in [-0.2, 0) is 10.3 Å². The summed E-state index contributed by atoms with van der Waals surface area (Å²) in [4.78, 5) is 2.67. The van der Waals surface area contributed by atoms with Crippen LogP contribution in [0.3, 0.4) is 0 Å². The van der Waals surface area contributed by atoms with Crippen molar-refractivity contribution in [3.8, 4) is 16.9 Å². The monoisotopic (exact) mass is 661 g/mol. The fraction of sp³-hybridized carbons (Fsp3) is 0.455. The maximum absolute atomic E-state index is 6.09. The predicted octanol–water partition coefficient (Wildman–Crippen LogP) is 11.6. The van der Waals surface area contributed by atoms with E-state index in [1.165, 1.54) is 58.5 Å². The zero-order chi connectivity index (χ0) is 33.7. The Kier molecular flexibility index (Phi) is 8.96. The number of fused-ring (bicyclic) bond motifs is 8. The molecule has 4 unspecified atom stereocenters. The number of unbranched alkanes of at least 4 members (excludes halogenated alkanes) is 3. The molecule has 0 radical (unpaired) electrons. The van der Waals surface area contributed by atoms with Gasteiger partial charge < -0.3 is 14.4 Å². The molecular weight excluding hydrogens is 607 g/mol. The molecule has 0 fully saturated rings. The van der Waals surface area contributed by atoms with E-state index in [2.05, 4.69) is 137 Å². The van der Waals surface area contributed by atoms with E-state index in [4.69, 9.17) is 9.47 Å². The van der Waals surface area contributed by atoms with Gasteiger partial charge in [0.15, 0.2) is 0 Å². The molecule has 0 spiro atoms. The van der Waals surface area contributed by atoms with Crippen LogP contribution in [0.15, 0.2) is 91.0 Å². The summed E-state index contributed by atoms with van der Waals surface area (Å²) in [5.74, 6) is 2.58. The minimum Gasteiger partial charge on any atom is -0.497 e. The smallest absolute Gasteiger partial charge is 0.119 e. The topological polar surface area (TPSA) is 21.7 Å². The summed E-state index contributed by atoms with van der Waals surface area (Å²) in [6.45, 7) is 9.69. The highest BCUT2D eigenvalue weighted by Crippen LogP contribution is 2.81. The summed E-state index contributed by atoms with van der Waals surface area (Å²) in [5.41, 5.74) is 11.8. The molecule has 0 saturated heterocycles. The van der Waals surface area contributed by atoms with Crippen LogP contribution in [0.2, 0.25) is 0 Å². The van der Waals surface area contributed by atoms with Crippen molar-refractivity contribution in [3.63, 3.8) is 0 Å². The van der Waals surface area contributed by atoms with Crippen LogP contribution in [0, 0.1) is 0 Å². The molecule has 4 heteroatoms. The maximum Gasteiger partial charge on any atom is 0.119 e. The van der Waals surface area contributed by atoms with Crippen LogP contribution < -0.4 is 9.64 Å². The largest absolute Gasteiger partial charge is 0.497 e. The lowest BCUT2D eigenvalue weighted by Crippen LogP contribution is -2.42. The Hall–Kier alpha value is -3.21. The highest BCUT2D eigenvalue weighted by molar-refractivity contribution is 8.33. The van der Waals surface area contributed by atoms with Gasteiger partial charge in [-0.3, -0.25) is 0 Å². The van der Waals surface area contributed by atoms with Gasteiger partial charge in [0.1, 0.15) is 5.75 Å². The van der Waals surface area contributed by atoms with Gasteiger partial charge in [-0.15, -0.1) is 0 Å². The van der Waals surface area contributed by atoms with Crippen LogP contribution in [0.5, 0.6) is 5.75 Å². The second-order valence-corrected chi connectivity index (χ2v) is 19.4. The Morgan fingerprint density at radius 3 is 2.04 bits per heavy atom. The minimum atomic E-state index is -1.35. The first-order valence-electron chi connectivity index (χ1n) is 18.2. The molecule has 3 nitrogen and oxygen atoms in total. The summed E-state index contributed by atoms with van der Waals surface area (Å²) in [6, 6.07) is 35.1. The second kappa shape index (κ2) is 12.9. The van der Waals surface area contributed by atoms with E-state index in [1.807, 2.05) is 7.11 Å². The van der Waals surface area contributed by atoms with Gasteiger partial charge in [-0.05, 0) is 109 Å². The highest BCUT2D eigenvalue weighted by Gasteiger charge is 2.63. The van der Waals surface area contributed by atoms with Crippen molar-refractivity contribution in [2.75, 3.05) is 37.7 Å². The number of benzene rings is 4. The summed E-state index contributed by atoms with van der Waals surface area (Å²) in [5, 5.41) is 0.814. The molecule has 0 saturated carbocycles. The number of hydrogen-bond acceptors (Lipinski definition) is 3. The van der Waals surface area contributed by atoms with Crippen molar-refractivity contribution >= 4 is 15.7 Å². The first-order valence-corrected chi connectivity index (χ1v) is 20.6. The first kappa shape index (κ1) is 33.3. The third-order valence-electron chi connectivity index (χ3n) is 11.6. The molecule has 4 atom stereocenters. The van der Waals surface area contributed by atoms with Gasteiger partial charge in [-0.25, -0.2) is 10.0 Å². The van der Waals surface area contributed by atoms with Gasteiger partial charge in [0, 0.05) is 35.8 Å². The van der Waals surface area contributed by atoms with E-state index in [0.717, 1.165) is 31.6 Å². The van der Waals surface area contributed by atoms with Crippen LogP contribution >= 0.6 is 10.0 Å². The van der Waals surface area contributed by atoms with Crippen molar-refractivity contribution in [2.24, 2.45) is 0 Å². The van der Waals surface area contributed by atoms with E-state index < -0.39 is 10.0 Å². The molecule has 4 aromatic carbocycles.